The fourth-order valence-corrected chi connectivity index (χ4v) is 6.72. The van der Waals surface area contributed by atoms with Crippen LogP contribution in [0, 0.1) is 0 Å². The van der Waals surface area contributed by atoms with E-state index in [1.165, 1.54) is 13.8 Å². The number of amides is 1. The van der Waals surface area contributed by atoms with Gasteiger partial charge in [0.25, 0.3) is 5.91 Å². The summed E-state index contributed by atoms with van der Waals surface area (Å²) in [5.74, 6) is -1.89. The van der Waals surface area contributed by atoms with Gasteiger partial charge in [0.2, 0.25) is 0 Å². The quantitative estimate of drug-likeness (QED) is 0.513. The highest BCUT2D eigenvalue weighted by atomic mass is 79.9. The van der Waals surface area contributed by atoms with E-state index in [2.05, 4.69) is 31.9 Å². The summed E-state index contributed by atoms with van der Waals surface area (Å²) in [6.07, 6.45) is 0. The van der Waals surface area contributed by atoms with Crippen molar-refractivity contribution in [3.63, 3.8) is 0 Å². The van der Waals surface area contributed by atoms with Gasteiger partial charge in [-0.15, -0.1) is 0 Å². The molecule has 0 spiro atoms. The van der Waals surface area contributed by atoms with E-state index in [1.807, 2.05) is 0 Å². The minimum atomic E-state index is -3.77. The molecule has 2 heterocycles. The standard InChI is InChI=1S/C8H9Br2NO5S/c1-7(2)3(4(12)13)11-5(14)8(9,10)6(11)17(7,15)16/h3,6H,1-2H3,(H,12,13)/t3-,6?/m0/s1. The third kappa shape index (κ3) is 1.27. The molecule has 0 aromatic rings. The maximum Gasteiger partial charge on any atom is 0.328 e. The van der Waals surface area contributed by atoms with E-state index in [0.717, 1.165) is 4.90 Å². The van der Waals surface area contributed by atoms with Gasteiger partial charge in [0.1, 0.15) is 10.8 Å². The summed E-state index contributed by atoms with van der Waals surface area (Å²) >= 11 is 5.99. The highest BCUT2D eigenvalue weighted by molar-refractivity contribution is 9.26. The van der Waals surface area contributed by atoms with E-state index < -0.39 is 41.1 Å². The second-order valence-corrected chi connectivity index (χ2v) is 10.7. The zero-order valence-corrected chi connectivity index (χ0v) is 12.8. The van der Waals surface area contributed by atoms with Gasteiger partial charge in [-0.3, -0.25) is 4.79 Å². The van der Waals surface area contributed by atoms with Crippen molar-refractivity contribution in [3.8, 4) is 0 Å². The van der Waals surface area contributed by atoms with Gasteiger partial charge in [-0.2, -0.15) is 0 Å². The number of fused-ring (bicyclic) bond motifs is 1. The Labute approximate surface area is 115 Å². The summed E-state index contributed by atoms with van der Waals surface area (Å²) in [7, 11) is -3.77. The Bertz CT molecular complexity index is 526. The Morgan fingerprint density at radius 2 is 1.88 bits per heavy atom. The van der Waals surface area contributed by atoms with Crippen molar-refractivity contribution < 1.29 is 23.1 Å². The molecule has 0 saturated carbocycles. The molecular formula is C8H9Br2NO5S. The summed E-state index contributed by atoms with van der Waals surface area (Å²) in [5.41, 5.74) is 0. The lowest BCUT2D eigenvalue weighted by Crippen LogP contribution is -2.69. The molecule has 0 aromatic heterocycles. The van der Waals surface area contributed by atoms with Crippen LogP contribution in [-0.4, -0.2) is 49.7 Å². The molecule has 1 amide bonds. The number of nitrogens with zero attached hydrogens (tertiary/aromatic N) is 1. The molecule has 2 aliphatic rings. The second-order valence-electron chi connectivity index (χ2n) is 4.58. The van der Waals surface area contributed by atoms with Gasteiger partial charge in [-0.1, -0.05) is 31.9 Å². The molecule has 1 N–H and O–H groups in total. The first-order valence-electron chi connectivity index (χ1n) is 4.64. The normalized spacial score (nSPS) is 36.2. The number of carboxylic acids is 1. The van der Waals surface area contributed by atoms with Crippen LogP contribution in [-0.2, 0) is 19.4 Å². The van der Waals surface area contributed by atoms with Crippen molar-refractivity contribution in [3.05, 3.63) is 0 Å². The van der Waals surface area contributed by atoms with Crippen LogP contribution in [0.4, 0.5) is 0 Å². The number of hydrogen-bond acceptors (Lipinski definition) is 4. The number of sulfone groups is 1. The van der Waals surface area contributed by atoms with E-state index in [0.29, 0.717) is 0 Å². The van der Waals surface area contributed by atoms with Gasteiger partial charge in [-0.25, -0.2) is 13.2 Å². The first kappa shape index (κ1) is 13.3. The van der Waals surface area contributed by atoms with Crippen molar-refractivity contribution in [2.24, 2.45) is 0 Å². The van der Waals surface area contributed by atoms with Crippen molar-refractivity contribution in [2.75, 3.05) is 0 Å². The summed E-state index contributed by atoms with van der Waals surface area (Å²) in [6.45, 7) is 2.64. The van der Waals surface area contributed by atoms with Crippen LogP contribution in [0.15, 0.2) is 0 Å². The number of carbonyl (C=O) groups excluding carboxylic acids is 1. The fraction of sp³-hybridized carbons (Fsp3) is 0.750. The third-order valence-corrected chi connectivity index (χ3v) is 8.29. The van der Waals surface area contributed by atoms with E-state index in [4.69, 9.17) is 5.11 Å². The highest BCUT2D eigenvalue weighted by Gasteiger charge is 2.77. The molecule has 9 heteroatoms. The molecule has 2 rings (SSSR count). The topological polar surface area (TPSA) is 91.8 Å². The number of carboxylic acid groups (broad SMARTS) is 1. The molecule has 1 unspecified atom stereocenters. The molecule has 2 aliphatic heterocycles. The number of aliphatic carboxylic acids is 1. The van der Waals surface area contributed by atoms with Crippen LogP contribution in [0.25, 0.3) is 0 Å². The maximum absolute atomic E-state index is 12.2. The second kappa shape index (κ2) is 3.24. The first-order chi connectivity index (χ1) is 7.47. The van der Waals surface area contributed by atoms with E-state index in [9.17, 15) is 18.0 Å². The monoisotopic (exact) mass is 389 g/mol. The molecule has 2 atom stereocenters. The van der Waals surface area contributed by atoms with Gasteiger partial charge in [-0.05, 0) is 13.8 Å². The Morgan fingerprint density at radius 1 is 1.41 bits per heavy atom. The minimum Gasteiger partial charge on any atom is -0.480 e. The maximum atomic E-state index is 12.2. The van der Waals surface area contributed by atoms with Crippen LogP contribution in [0.1, 0.15) is 13.8 Å². The molecule has 17 heavy (non-hydrogen) atoms. The van der Waals surface area contributed by atoms with Crippen molar-refractivity contribution >= 4 is 53.6 Å². The van der Waals surface area contributed by atoms with Crippen molar-refractivity contribution in [1.29, 1.82) is 0 Å². The number of hydrogen-bond donors (Lipinski definition) is 1. The van der Waals surface area contributed by atoms with Crippen LogP contribution in [0.5, 0.6) is 0 Å². The smallest absolute Gasteiger partial charge is 0.328 e. The van der Waals surface area contributed by atoms with Crippen LogP contribution >= 0.6 is 31.9 Å². The summed E-state index contributed by atoms with van der Waals surface area (Å²) < 4.78 is 21.6. The number of carbonyl (C=O) groups is 2. The Morgan fingerprint density at radius 3 is 2.29 bits per heavy atom. The van der Waals surface area contributed by atoms with E-state index in [-0.39, 0.29) is 0 Å². The van der Waals surface area contributed by atoms with Gasteiger partial charge in [0.05, 0.1) is 0 Å². The lowest BCUT2D eigenvalue weighted by molar-refractivity contribution is -0.157. The number of β-lactam (4-membered cyclic amide) rings is 1. The minimum absolute atomic E-state index is 0.580. The number of alkyl halides is 2. The molecule has 2 fully saturated rings. The van der Waals surface area contributed by atoms with Crippen LogP contribution < -0.4 is 0 Å². The number of halogens is 2. The highest BCUT2D eigenvalue weighted by Crippen LogP contribution is 2.56. The lowest BCUT2D eigenvalue weighted by Gasteiger charge is -2.45. The molecule has 0 aliphatic carbocycles. The molecular weight excluding hydrogens is 382 g/mol. The van der Waals surface area contributed by atoms with Crippen LogP contribution in [0.3, 0.4) is 0 Å². The first-order valence-corrected chi connectivity index (χ1v) is 7.77. The summed E-state index contributed by atoms with van der Waals surface area (Å²) in [6, 6.07) is -1.35. The van der Waals surface area contributed by atoms with E-state index >= 15 is 0 Å². The van der Waals surface area contributed by atoms with Gasteiger partial charge >= 0.3 is 5.97 Å². The average Bonchev–Trinajstić information content (AvgIpc) is 2.29. The Hall–Kier alpha value is -0.150. The average molecular weight is 391 g/mol. The fourth-order valence-electron chi connectivity index (χ4n) is 2.28. The Balaban J connectivity index is 2.65. The zero-order chi connectivity index (χ0) is 13.4. The SMILES string of the molecule is CC1(C)[C@H](C(=O)O)N2C(=O)C(Br)(Br)C2S1(=O)=O. The molecule has 0 aromatic carbocycles. The van der Waals surface area contributed by atoms with Crippen molar-refractivity contribution in [1.82, 2.24) is 4.90 Å². The van der Waals surface area contributed by atoms with Crippen molar-refractivity contribution in [2.45, 2.75) is 33.2 Å². The number of rotatable bonds is 1. The Kier molecular flexibility index (Phi) is 2.53. The molecule has 0 bridgehead atoms. The predicted molar refractivity (Wildman–Crippen MR) is 65.6 cm³/mol. The third-order valence-electron chi connectivity index (χ3n) is 3.28. The van der Waals surface area contributed by atoms with Crippen LogP contribution in [0.2, 0.25) is 0 Å². The van der Waals surface area contributed by atoms with Gasteiger partial charge < -0.3 is 10.0 Å². The summed E-state index contributed by atoms with van der Waals surface area (Å²) in [5, 5.41) is 7.92. The predicted octanol–water partition coefficient (Wildman–Crippen LogP) is 0.301. The van der Waals surface area contributed by atoms with Gasteiger partial charge in [0.15, 0.2) is 18.4 Å². The lowest BCUT2D eigenvalue weighted by atomic mass is 9.98. The zero-order valence-electron chi connectivity index (χ0n) is 8.85. The van der Waals surface area contributed by atoms with Gasteiger partial charge in [0, 0.05) is 0 Å². The molecule has 96 valence electrons. The van der Waals surface area contributed by atoms with E-state index in [1.54, 1.807) is 0 Å². The molecule has 0 radical (unpaired) electrons. The molecule has 6 nitrogen and oxygen atoms in total. The molecule has 2 saturated heterocycles. The summed E-state index contributed by atoms with van der Waals surface area (Å²) in [4.78, 5) is 23.8. The largest absolute Gasteiger partial charge is 0.480 e.